The predicted molar refractivity (Wildman–Crippen MR) is 71.0 cm³/mol. The van der Waals surface area contributed by atoms with Crippen LogP contribution in [0.2, 0.25) is 0 Å². The normalized spacial score (nSPS) is 11.2. The second-order valence-electron chi connectivity index (χ2n) is 3.90. The van der Waals surface area contributed by atoms with E-state index >= 15 is 0 Å². The zero-order valence-electron chi connectivity index (χ0n) is 9.95. The van der Waals surface area contributed by atoms with Crippen molar-refractivity contribution in [1.29, 1.82) is 0 Å². The van der Waals surface area contributed by atoms with Crippen LogP contribution < -0.4 is 4.74 Å². The van der Waals surface area contributed by atoms with Crippen molar-refractivity contribution in [2.45, 2.75) is 6.18 Å². The fraction of sp³-hybridized carbons (Fsp3) is 0.0714. The van der Waals surface area contributed by atoms with Gasteiger partial charge in [0.05, 0.1) is 10.0 Å². The topological polar surface area (TPSA) is 26.3 Å². The Morgan fingerprint density at radius 2 is 1.75 bits per heavy atom. The van der Waals surface area contributed by atoms with Crippen LogP contribution in [0.25, 0.3) is 0 Å². The molecular formula is C14H8BrF3O2. The van der Waals surface area contributed by atoms with Crippen molar-refractivity contribution in [2.24, 2.45) is 0 Å². The summed E-state index contributed by atoms with van der Waals surface area (Å²) < 4.78 is 44.7. The molecule has 2 nitrogen and oxygen atoms in total. The minimum absolute atomic E-state index is 0.0585. The van der Waals surface area contributed by atoms with Crippen LogP contribution in [0.5, 0.6) is 11.5 Å². The standard InChI is InChI=1S/C14H8BrF3O2/c15-11-3-1-2-4-13(11)20-12-6-5-9(8-19)7-10(12)14(16,17)18/h1-8H. The number of aldehydes is 1. The second kappa shape index (κ2) is 5.66. The Morgan fingerprint density at radius 1 is 1.05 bits per heavy atom. The monoisotopic (exact) mass is 344 g/mol. The van der Waals surface area contributed by atoms with E-state index in [2.05, 4.69) is 15.9 Å². The number of ether oxygens (including phenoxy) is 1. The minimum atomic E-state index is -4.60. The average Bonchev–Trinajstić information content (AvgIpc) is 2.40. The molecule has 0 heterocycles. The number of carbonyl (C=O) groups is 1. The van der Waals surface area contributed by atoms with Crippen molar-refractivity contribution in [3.63, 3.8) is 0 Å². The average molecular weight is 345 g/mol. The first-order valence-electron chi connectivity index (χ1n) is 5.50. The molecule has 0 bridgehead atoms. The second-order valence-corrected chi connectivity index (χ2v) is 4.76. The predicted octanol–water partition coefficient (Wildman–Crippen LogP) is 5.07. The number of alkyl halides is 3. The SMILES string of the molecule is O=Cc1ccc(Oc2ccccc2Br)c(C(F)(F)F)c1. The summed E-state index contributed by atoms with van der Waals surface area (Å²) in [5, 5.41) is 0. The third kappa shape index (κ3) is 3.19. The van der Waals surface area contributed by atoms with Gasteiger partial charge >= 0.3 is 6.18 Å². The molecule has 2 rings (SSSR count). The number of para-hydroxylation sites is 1. The molecule has 0 saturated carbocycles. The Morgan fingerprint density at radius 3 is 2.35 bits per heavy atom. The third-order valence-corrected chi connectivity index (χ3v) is 3.16. The quantitative estimate of drug-likeness (QED) is 0.726. The van der Waals surface area contributed by atoms with Gasteiger partial charge in [-0.3, -0.25) is 4.79 Å². The van der Waals surface area contributed by atoms with E-state index in [0.717, 1.165) is 12.1 Å². The third-order valence-electron chi connectivity index (χ3n) is 2.50. The number of rotatable bonds is 3. The molecular weight excluding hydrogens is 337 g/mol. The maximum Gasteiger partial charge on any atom is 0.420 e. The van der Waals surface area contributed by atoms with Gasteiger partial charge in [0.15, 0.2) is 0 Å². The van der Waals surface area contributed by atoms with Gasteiger partial charge in [-0.25, -0.2) is 0 Å². The van der Waals surface area contributed by atoms with E-state index in [1.54, 1.807) is 18.2 Å². The summed E-state index contributed by atoms with van der Waals surface area (Å²) in [6, 6.07) is 9.73. The molecule has 2 aromatic carbocycles. The van der Waals surface area contributed by atoms with Gasteiger partial charge in [0, 0.05) is 5.56 Å². The molecule has 0 aliphatic heterocycles. The van der Waals surface area contributed by atoms with Crippen LogP contribution in [0.15, 0.2) is 46.9 Å². The molecule has 0 aliphatic carbocycles. The summed E-state index contributed by atoms with van der Waals surface area (Å²) in [7, 11) is 0. The van der Waals surface area contributed by atoms with Crippen LogP contribution in [0.3, 0.4) is 0 Å². The van der Waals surface area contributed by atoms with Gasteiger partial charge in [-0.05, 0) is 46.3 Å². The van der Waals surface area contributed by atoms with Gasteiger partial charge in [0.1, 0.15) is 17.8 Å². The van der Waals surface area contributed by atoms with E-state index in [1.165, 1.54) is 12.1 Å². The van der Waals surface area contributed by atoms with E-state index in [0.29, 0.717) is 10.8 Å². The summed E-state index contributed by atoms with van der Waals surface area (Å²) in [4.78, 5) is 10.6. The van der Waals surface area contributed by atoms with Crippen LogP contribution in [-0.4, -0.2) is 6.29 Å². The molecule has 0 saturated heterocycles. The fourth-order valence-electron chi connectivity index (χ4n) is 1.58. The molecule has 104 valence electrons. The summed E-state index contributed by atoms with van der Waals surface area (Å²) >= 11 is 3.19. The lowest BCUT2D eigenvalue weighted by Crippen LogP contribution is -2.08. The molecule has 0 N–H and O–H groups in total. The van der Waals surface area contributed by atoms with E-state index in [4.69, 9.17) is 4.74 Å². The fourth-order valence-corrected chi connectivity index (χ4v) is 1.94. The van der Waals surface area contributed by atoms with Crippen LogP contribution in [-0.2, 0) is 6.18 Å². The van der Waals surface area contributed by atoms with Crippen LogP contribution >= 0.6 is 15.9 Å². The smallest absolute Gasteiger partial charge is 0.420 e. The van der Waals surface area contributed by atoms with Gasteiger partial charge in [0.25, 0.3) is 0 Å². The molecule has 20 heavy (non-hydrogen) atoms. The Bertz CT molecular complexity index is 639. The first-order chi connectivity index (χ1) is 9.41. The summed E-state index contributed by atoms with van der Waals surface area (Å²) in [5.41, 5.74) is -1.05. The summed E-state index contributed by atoms with van der Waals surface area (Å²) in [6.07, 6.45) is -4.24. The summed E-state index contributed by atoms with van der Waals surface area (Å²) in [5.74, 6) is -0.0909. The van der Waals surface area contributed by atoms with Crippen molar-refractivity contribution in [3.8, 4) is 11.5 Å². The van der Waals surface area contributed by atoms with E-state index < -0.39 is 11.7 Å². The Labute approximate surface area is 121 Å². The van der Waals surface area contributed by atoms with Crippen molar-refractivity contribution >= 4 is 22.2 Å². The van der Waals surface area contributed by atoms with Crippen molar-refractivity contribution in [2.75, 3.05) is 0 Å². The highest BCUT2D eigenvalue weighted by atomic mass is 79.9. The summed E-state index contributed by atoms with van der Waals surface area (Å²) in [6.45, 7) is 0. The molecule has 0 radical (unpaired) electrons. The highest BCUT2D eigenvalue weighted by Gasteiger charge is 2.35. The highest BCUT2D eigenvalue weighted by Crippen LogP contribution is 2.39. The molecule has 0 aromatic heterocycles. The van der Waals surface area contributed by atoms with Gasteiger partial charge < -0.3 is 4.74 Å². The van der Waals surface area contributed by atoms with Crippen molar-refractivity contribution in [3.05, 3.63) is 58.1 Å². The molecule has 0 spiro atoms. The van der Waals surface area contributed by atoms with Gasteiger partial charge in [-0.1, -0.05) is 12.1 Å². The van der Waals surface area contributed by atoms with Crippen molar-refractivity contribution in [1.82, 2.24) is 0 Å². The maximum absolute atomic E-state index is 13.0. The first kappa shape index (κ1) is 14.6. The van der Waals surface area contributed by atoms with Gasteiger partial charge in [-0.15, -0.1) is 0 Å². The highest BCUT2D eigenvalue weighted by molar-refractivity contribution is 9.10. The van der Waals surface area contributed by atoms with Gasteiger partial charge in [0.2, 0.25) is 0 Å². The molecule has 0 aliphatic rings. The zero-order valence-corrected chi connectivity index (χ0v) is 11.5. The Kier molecular flexibility index (Phi) is 4.13. The number of benzene rings is 2. The lowest BCUT2D eigenvalue weighted by atomic mass is 10.1. The minimum Gasteiger partial charge on any atom is -0.456 e. The number of hydrogen-bond donors (Lipinski definition) is 0. The number of carbonyl (C=O) groups excluding carboxylic acids is 1. The molecule has 0 amide bonds. The van der Waals surface area contributed by atoms with Crippen LogP contribution in [0.1, 0.15) is 15.9 Å². The largest absolute Gasteiger partial charge is 0.456 e. The maximum atomic E-state index is 13.0. The van der Waals surface area contributed by atoms with Crippen LogP contribution in [0, 0.1) is 0 Å². The van der Waals surface area contributed by atoms with Crippen LogP contribution in [0.4, 0.5) is 13.2 Å². The molecule has 0 fully saturated rings. The Hall–Kier alpha value is -1.82. The van der Waals surface area contributed by atoms with E-state index in [-0.39, 0.29) is 17.1 Å². The zero-order chi connectivity index (χ0) is 14.8. The Balaban J connectivity index is 2.46. The lowest BCUT2D eigenvalue weighted by molar-refractivity contribution is -0.138. The molecule has 0 unspecified atom stereocenters. The van der Waals surface area contributed by atoms with E-state index in [1.807, 2.05) is 0 Å². The number of halogens is 4. The lowest BCUT2D eigenvalue weighted by Gasteiger charge is -2.14. The molecule has 6 heteroatoms. The van der Waals surface area contributed by atoms with Crippen molar-refractivity contribution < 1.29 is 22.7 Å². The number of hydrogen-bond acceptors (Lipinski definition) is 2. The van der Waals surface area contributed by atoms with Gasteiger partial charge in [-0.2, -0.15) is 13.2 Å². The van der Waals surface area contributed by atoms with E-state index in [9.17, 15) is 18.0 Å². The molecule has 2 aromatic rings. The first-order valence-corrected chi connectivity index (χ1v) is 6.30. The molecule has 0 atom stereocenters.